The summed E-state index contributed by atoms with van der Waals surface area (Å²) in [6.45, 7) is 2.06. The Morgan fingerprint density at radius 1 is 1.11 bits per heavy atom. The lowest BCUT2D eigenvalue weighted by Gasteiger charge is -2.07. The molecule has 0 radical (unpaired) electrons. The third-order valence-corrected chi connectivity index (χ3v) is 3.14. The summed E-state index contributed by atoms with van der Waals surface area (Å²) in [4.78, 5) is 12.8. The highest BCUT2D eigenvalue weighted by atomic mass is 35.5. The maximum absolute atomic E-state index is 6.12. The minimum atomic E-state index is 0.447. The Labute approximate surface area is 116 Å². The van der Waals surface area contributed by atoms with Crippen LogP contribution in [0, 0.1) is 0 Å². The van der Waals surface area contributed by atoms with Crippen molar-refractivity contribution in [3.05, 3.63) is 51.8 Å². The average Bonchev–Trinajstić information content (AvgIpc) is 2.35. The second-order valence-electron chi connectivity index (χ2n) is 3.95. The smallest absolute Gasteiger partial charge is 0.137 e. The molecule has 2 aromatic heterocycles. The van der Waals surface area contributed by atoms with Gasteiger partial charge in [0.15, 0.2) is 0 Å². The van der Waals surface area contributed by atoms with Gasteiger partial charge in [0.2, 0.25) is 0 Å². The van der Waals surface area contributed by atoms with E-state index in [1.165, 1.54) is 0 Å². The normalized spacial score (nSPS) is 10.6. The molecule has 0 spiro atoms. The molecule has 94 valence electrons. The molecule has 0 amide bonds. The molecule has 2 rings (SSSR count). The third kappa shape index (κ3) is 3.18. The van der Waals surface area contributed by atoms with Crippen molar-refractivity contribution in [1.82, 2.24) is 15.0 Å². The van der Waals surface area contributed by atoms with Crippen LogP contribution in [0.1, 0.15) is 30.4 Å². The fourth-order valence-electron chi connectivity index (χ4n) is 1.67. The maximum Gasteiger partial charge on any atom is 0.137 e. The first-order chi connectivity index (χ1) is 8.70. The van der Waals surface area contributed by atoms with Crippen LogP contribution in [0.2, 0.25) is 10.3 Å². The minimum absolute atomic E-state index is 0.447. The summed E-state index contributed by atoms with van der Waals surface area (Å²) < 4.78 is 0. The fraction of sp³-hybridized carbons (Fsp3) is 0.308. The van der Waals surface area contributed by atoms with Crippen molar-refractivity contribution in [3.8, 4) is 0 Å². The number of aromatic nitrogens is 3. The van der Waals surface area contributed by atoms with Crippen molar-refractivity contribution in [2.75, 3.05) is 0 Å². The molecule has 18 heavy (non-hydrogen) atoms. The first-order valence-corrected chi connectivity index (χ1v) is 6.57. The van der Waals surface area contributed by atoms with Crippen LogP contribution in [0.3, 0.4) is 0 Å². The van der Waals surface area contributed by atoms with Gasteiger partial charge in [0.1, 0.15) is 16.1 Å². The Hall–Kier alpha value is -1.19. The first kappa shape index (κ1) is 13.2. The molecule has 2 heterocycles. The van der Waals surface area contributed by atoms with Gasteiger partial charge in [-0.25, -0.2) is 9.97 Å². The fourth-order valence-corrected chi connectivity index (χ4v) is 2.28. The molecule has 0 saturated carbocycles. The summed E-state index contributed by atoms with van der Waals surface area (Å²) >= 11 is 12.2. The van der Waals surface area contributed by atoms with Crippen LogP contribution in [-0.4, -0.2) is 15.0 Å². The zero-order valence-corrected chi connectivity index (χ0v) is 11.5. The van der Waals surface area contributed by atoms with Crippen LogP contribution >= 0.6 is 23.2 Å². The van der Waals surface area contributed by atoms with E-state index < -0.39 is 0 Å². The second kappa shape index (κ2) is 6.12. The van der Waals surface area contributed by atoms with Gasteiger partial charge in [-0.05, 0) is 18.6 Å². The zero-order chi connectivity index (χ0) is 13.0. The summed E-state index contributed by atoms with van der Waals surface area (Å²) in [5.41, 5.74) is 1.72. The van der Waals surface area contributed by atoms with E-state index in [1.807, 2.05) is 18.2 Å². The third-order valence-electron chi connectivity index (χ3n) is 2.52. The van der Waals surface area contributed by atoms with Crippen LogP contribution in [0.25, 0.3) is 0 Å². The van der Waals surface area contributed by atoms with Gasteiger partial charge in [0.05, 0.1) is 6.42 Å². The van der Waals surface area contributed by atoms with Crippen molar-refractivity contribution in [3.63, 3.8) is 0 Å². The molecule has 0 unspecified atom stereocenters. The van der Waals surface area contributed by atoms with Gasteiger partial charge in [0, 0.05) is 17.5 Å². The molecule has 0 atom stereocenters. The molecule has 2 aromatic rings. The van der Waals surface area contributed by atoms with Gasteiger partial charge in [-0.2, -0.15) is 0 Å². The van der Waals surface area contributed by atoms with Crippen molar-refractivity contribution >= 4 is 23.2 Å². The van der Waals surface area contributed by atoms with Crippen LogP contribution in [-0.2, 0) is 12.8 Å². The van der Waals surface area contributed by atoms with Crippen molar-refractivity contribution < 1.29 is 0 Å². The van der Waals surface area contributed by atoms with E-state index in [1.54, 1.807) is 6.20 Å². The van der Waals surface area contributed by atoms with E-state index in [9.17, 15) is 0 Å². The molecule has 0 aromatic carbocycles. The molecule has 3 nitrogen and oxygen atoms in total. The highest BCUT2D eigenvalue weighted by molar-refractivity contribution is 6.34. The number of halogens is 2. The Morgan fingerprint density at radius 2 is 1.83 bits per heavy atom. The number of hydrogen-bond acceptors (Lipinski definition) is 3. The summed E-state index contributed by atoms with van der Waals surface area (Å²) in [5, 5.41) is 0.894. The highest BCUT2D eigenvalue weighted by Crippen LogP contribution is 2.23. The van der Waals surface area contributed by atoms with E-state index in [-0.39, 0.29) is 0 Å². The van der Waals surface area contributed by atoms with Crippen molar-refractivity contribution in [1.29, 1.82) is 0 Å². The summed E-state index contributed by atoms with van der Waals surface area (Å²) in [6.07, 6.45) is 4.03. The largest absolute Gasteiger partial charge is 0.261 e. The van der Waals surface area contributed by atoms with E-state index in [4.69, 9.17) is 23.2 Å². The van der Waals surface area contributed by atoms with Crippen LogP contribution < -0.4 is 0 Å². The van der Waals surface area contributed by atoms with Crippen molar-refractivity contribution in [2.24, 2.45) is 0 Å². The Kier molecular flexibility index (Phi) is 4.50. The predicted molar refractivity (Wildman–Crippen MR) is 73.1 cm³/mol. The monoisotopic (exact) mass is 281 g/mol. The first-order valence-electron chi connectivity index (χ1n) is 5.81. The van der Waals surface area contributed by atoms with E-state index >= 15 is 0 Å². The van der Waals surface area contributed by atoms with Crippen LogP contribution in [0.15, 0.2) is 24.4 Å². The standard InChI is InChI=1S/C13H13Cl2N3/c1-2-5-10-12(14)17-11(18-13(10)15)8-9-6-3-4-7-16-9/h3-4,6-7H,2,5,8H2,1H3. The molecule has 0 aliphatic rings. The second-order valence-corrected chi connectivity index (χ2v) is 4.66. The Balaban J connectivity index is 2.25. The molecular weight excluding hydrogens is 269 g/mol. The Morgan fingerprint density at radius 3 is 2.39 bits per heavy atom. The van der Waals surface area contributed by atoms with Gasteiger partial charge in [-0.15, -0.1) is 0 Å². The van der Waals surface area contributed by atoms with E-state index in [0.29, 0.717) is 22.6 Å². The lowest BCUT2D eigenvalue weighted by molar-refractivity contribution is 0.870. The van der Waals surface area contributed by atoms with E-state index in [0.717, 1.165) is 24.1 Å². The zero-order valence-electron chi connectivity index (χ0n) is 10.0. The molecule has 0 fully saturated rings. The molecule has 0 aliphatic carbocycles. The Bertz CT molecular complexity index is 506. The number of rotatable bonds is 4. The van der Waals surface area contributed by atoms with Gasteiger partial charge in [0.25, 0.3) is 0 Å². The number of pyridine rings is 1. The SMILES string of the molecule is CCCc1c(Cl)nc(Cc2ccccn2)nc1Cl. The van der Waals surface area contributed by atoms with E-state index in [2.05, 4.69) is 21.9 Å². The highest BCUT2D eigenvalue weighted by Gasteiger charge is 2.11. The summed E-state index contributed by atoms with van der Waals surface area (Å²) in [6, 6.07) is 5.72. The van der Waals surface area contributed by atoms with Gasteiger partial charge in [-0.1, -0.05) is 42.6 Å². The molecule has 0 bridgehead atoms. The van der Waals surface area contributed by atoms with Gasteiger partial charge >= 0.3 is 0 Å². The average molecular weight is 282 g/mol. The summed E-state index contributed by atoms with van der Waals surface area (Å²) in [7, 11) is 0. The number of nitrogens with zero attached hydrogens (tertiary/aromatic N) is 3. The lowest BCUT2D eigenvalue weighted by Crippen LogP contribution is -2.02. The maximum atomic E-state index is 6.12. The topological polar surface area (TPSA) is 38.7 Å². The molecule has 0 N–H and O–H groups in total. The molecule has 0 saturated heterocycles. The van der Waals surface area contributed by atoms with Crippen LogP contribution in [0.4, 0.5) is 0 Å². The van der Waals surface area contributed by atoms with Crippen molar-refractivity contribution in [2.45, 2.75) is 26.2 Å². The molecular formula is C13H13Cl2N3. The van der Waals surface area contributed by atoms with Crippen LogP contribution in [0.5, 0.6) is 0 Å². The summed E-state index contributed by atoms with van der Waals surface area (Å²) in [5.74, 6) is 0.601. The molecule has 5 heteroatoms. The van der Waals surface area contributed by atoms with Gasteiger partial charge in [-0.3, -0.25) is 4.98 Å². The quantitative estimate of drug-likeness (QED) is 0.802. The molecule has 0 aliphatic heterocycles. The van der Waals surface area contributed by atoms with Gasteiger partial charge < -0.3 is 0 Å². The number of hydrogen-bond donors (Lipinski definition) is 0. The predicted octanol–water partition coefficient (Wildman–Crippen LogP) is 3.72. The lowest BCUT2D eigenvalue weighted by atomic mass is 10.2. The minimum Gasteiger partial charge on any atom is -0.261 e.